The van der Waals surface area contributed by atoms with Gasteiger partial charge in [-0.2, -0.15) is 0 Å². The van der Waals surface area contributed by atoms with Crippen molar-refractivity contribution in [2.75, 3.05) is 34.7 Å². The number of likely N-dealkylation sites (tertiary alicyclic amines) is 1. The van der Waals surface area contributed by atoms with E-state index in [4.69, 9.17) is 22.1 Å². The molecule has 0 bridgehead atoms. The molecule has 0 aromatic rings. The molecule has 1 N–H and O–H groups in total. The molecule has 192 valence electrons. The molecule has 32 heavy (non-hydrogen) atoms. The average molecular weight is 510 g/mol. The fourth-order valence-electron chi connectivity index (χ4n) is 5.34. The van der Waals surface area contributed by atoms with E-state index in [1.165, 1.54) is 0 Å². The maximum Gasteiger partial charge on any atom is 0.499 e. The Morgan fingerprint density at radius 3 is 1.72 bits per heavy atom. The highest BCUT2D eigenvalue weighted by Gasteiger charge is 2.45. The first-order chi connectivity index (χ1) is 14.6. The molecule has 1 aliphatic rings. The van der Waals surface area contributed by atoms with Crippen molar-refractivity contribution in [2.45, 2.75) is 108 Å². The number of aliphatic hydroxyl groups is 1. The van der Waals surface area contributed by atoms with E-state index < -0.39 is 25.4 Å². The quantitative estimate of drug-likeness (QED) is 0.269. The molecule has 10 heteroatoms. The molecule has 1 heterocycles. The SMILES string of the molecule is CO[Si](CC[Si](C)(C)O[Si](C)(C)CCCOC1CC(C)(C)N(CO)C(C)(C)C1)(OC)OC. The van der Waals surface area contributed by atoms with Crippen LogP contribution >= 0.6 is 0 Å². The lowest BCUT2D eigenvalue weighted by molar-refractivity contribution is -0.132. The number of rotatable bonds is 14. The van der Waals surface area contributed by atoms with Gasteiger partial charge >= 0.3 is 8.80 Å². The number of ether oxygens (including phenoxy) is 1. The molecule has 0 saturated carbocycles. The van der Waals surface area contributed by atoms with Gasteiger partial charge in [0.25, 0.3) is 0 Å². The summed E-state index contributed by atoms with van der Waals surface area (Å²) in [6, 6.07) is 2.85. The molecule has 0 amide bonds. The second kappa shape index (κ2) is 11.9. The maximum atomic E-state index is 9.83. The second-order valence-corrected chi connectivity index (χ2v) is 23.6. The topological polar surface area (TPSA) is 69.6 Å². The molecule has 0 aliphatic carbocycles. The highest BCUT2D eigenvalue weighted by molar-refractivity contribution is 6.85. The van der Waals surface area contributed by atoms with Crippen LogP contribution in [0.1, 0.15) is 47.0 Å². The van der Waals surface area contributed by atoms with Gasteiger partial charge in [0.05, 0.1) is 12.8 Å². The minimum Gasteiger partial charge on any atom is -0.456 e. The van der Waals surface area contributed by atoms with Crippen LogP contribution in [0.3, 0.4) is 0 Å². The molecule has 0 aromatic heterocycles. The third-order valence-electron chi connectivity index (χ3n) is 6.85. The average Bonchev–Trinajstić information content (AvgIpc) is 2.64. The highest BCUT2D eigenvalue weighted by atomic mass is 28.4. The lowest BCUT2D eigenvalue weighted by Crippen LogP contribution is -2.62. The molecule has 0 unspecified atom stereocenters. The van der Waals surface area contributed by atoms with E-state index >= 15 is 0 Å². The van der Waals surface area contributed by atoms with Crippen molar-refractivity contribution >= 4 is 25.4 Å². The summed E-state index contributed by atoms with van der Waals surface area (Å²) >= 11 is 0. The Kier molecular flexibility index (Phi) is 11.3. The van der Waals surface area contributed by atoms with Gasteiger partial charge < -0.3 is 27.2 Å². The Morgan fingerprint density at radius 2 is 1.28 bits per heavy atom. The largest absolute Gasteiger partial charge is 0.499 e. The fraction of sp³-hybridized carbons (Fsp3) is 1.00. The van der Waals surface area contributed by atoms with Gasteiger partial charge in [-0.3, -0.25) is 4.90 Å². The number of piperidine rings is 1. The van der Waals surface area contributed by atoms with E-state index in [1.807, 2.05) is 0 Å². The number of hydrogen-bond donors (Lipinski definition) is 1. The van der Waals surface area contributed by atoms with E-state index in [0.717, 1.165) is 44.0 Å². The summed E-state index contributed by atoms with van der Waals surface area (Å²) in [6.45, 7) is 18.9. The highest BCUT2D eigenvalue weighted by Crippen LogP contribution is 2.39. The van der Waals surface area contributed by atoms with Crippen LogP contribution in [0.2, 0.25) is 44.3 Å². The summed E-state index contributed by atoms with van der Waals surface area (Å²) in [4.78, 5) is 2.19. The molecule has 0 aromatic carbocycles. The summed E-state index contributed by atoms with van der Waals surface area (Å²) in [5.74, 6) is 0. The monoisotopic (exact) mass is 509 g/mol. The Bertz CT molecular complexity index is 544. The molecular weight excluding hydrogens is 459 g/mol. The van der Waals surface area contributed by atoms with E-state index in [-0.39, 0.29) is 23.9 Å². The van der Waals surface area contributed by atoms with E-state index in [1.54, 1.807) is 21.3 Å². The number of hydrogen-bond acceptors (Lipinski definition) is 7. The van der Waals surface area contributed by atoms with Crippen LogP contribution < -0.4 is 0 Å². The van der Waals surface area contributed by atoms with Crippen LogP contribution in [-0.4, -0.2) is 87.3 Å². The van der Waals surface area contributed by atoms with Gasteiger partial charge in [0, 0.05) is 45.1 Å². The number of nitrogens with zero attached hydrogens (tertiary/aromatic N) is 1. The van der Waals surface area contributed by atoms with Crippen LogP contribution in [0.5, 0.6) is 0 Å². The van der Waals surface area contributed by atoms with Crippen molar-refractivity contribution in [1.82, 2.24) is 4.90 Å². The van der Waals surface area contributed by atoms with Gasteiger partial charge in [-0.05, 0) is 85.2 Å². The smallest absolute Gasteiger partial charge is 0.456 e. The van der Waals surface area contributed by atoms with Crippen molar-refractivity contribution in [1.29, 1.82) is 0 Å². The first-order valence-electron chi connectivity index (χ1n) is 11.9. The summed E-state index contributed by atoms with van der Waals surface area (Å²) in [5, 5.41) is 9.83. The predicted molar refractivity (Wildman–Crippen MR) is 138 cm³/mol. The zero-order valence-electron chi connectivity index (χ0n) is 22.7. The van der Waals surface area contributed by atoms with Crippen LogP contribution in [0.4, 0.5) is 0 Å². The van der Waals surface area contributed by atoms with E-state index in [9.17, 15) is 5.11 Å². The van der Waals surface area contributed by atoms with E-state index in [2.05, 4.69) is 58.8 Å². The summed E-state index contributed by atoms with van der Waals surface area (Å²) < 4.78 is 29.9. The van der Waals surface area contributed by atoms with Gasteiger partial charge in [-0.25, -0.2) is 0 Å². The third-order valence-corrected chi connectivity index (χ3v) is 17.5. The van der Waals surface area contributed by atoms with Crippen molar-refractivity contribution in [2.24, 2.45) is 0 Å². The zero-order valence-corrected chi connectivity index (χ0v) is 25.7. The lowest BCUT2D eigenvalue weighted by Gasteiger charge is -2.54. The number of aliphatic hydroxyl groups excluding tert-OH is 1. The molecule has 0 atom stereocenters. The van der Waals surface area contributed by atoms with Gasteiger partial charge in [0.2, 0.25) is 0 Å². The molecule has 1 saturated heterocycles. The van der Waals surface area contributed by atoms with Gasteiger partial charge in [0.15, 0.2) is 16.6 Å². The van der Waals surface area contributed by atoms with Gasteiger partial charge in [0.1, 0.15) is 0 Å². The van der Waals surface area contributed by atoms with Crippen molar-refractivity contribution in [3.05, 3.63) is 0 Å². The maximum absolute atomic E-state index is 9.83. The molecule has 0 spiro atoms. The summed E-state index contributed by atoms with van der Waals surface area (Å²) in [5.41, 5.74) is -0.141. The molecule has 7 nitrogen and oxygen atoms in total. The van der Waals surface area contributed by atoms with Crippen molar-refractivity contribution in [3.8, 4) is 0 Å². The standard InChI is InChI=1S/C22H51NO6Si3/c1-21(2)17-20(18-22(3,4)23(21)19-24)28-13-12-14-30(8,9)29-31(10,11)15-16-32(25-5,26-6)27-7/h20,24H,12-19H2,1-11H3. The third kappa shape index (κ3) is 8.86. The minimum atomic E-state index is -2.55. The summed E-state index contributed by atoms with van der Waals surface area (Å²) in [7, 11) is -1.19. The normalized spacial score (nSPS) is 20.6. The van der Waals surface area contributed by atoms with Crippen LogP contribution in [-0.2, 0) is 22.1 Å². The lowest BCUT2D eigenvalue weighted by atomic mass is 9.78. The van der Waals surface area contributed by atoms with Crippen LogP contribution in [0, 0.1) is 0 Å². The Morgan fingerprint density at radius 1 is 0.812 bits per heavy atom. The van der Waals surface area contributed by atoms with Crippen molar-refractivity contribution in [3.63, 3.8) is 0 Å². The summed E-state index contributed by atoms with van der Waals surface area (Å²) in [6.07, 6.45) is 3.14. The van der Waals surface area contributed by atoms with Gasteiger partial charge in [-0.15, -0.1) is 0 Å². The zero-order chi connectivity index (χ0) is 24.8. The van der Waals surface area contributed by atoms with Crippen LogP contribution in [0.15, 0.2) is 0 Å². The molecule has 0 radical (unpaired) electrons. The minimum absolute atomic E-state index is 0.0704. The Labute approximate surface area is 200 Å². The molecular formula is C22H51NO6Si3. The second-order valence-electron chi connectivity index (χ2n) is 11.6. The van der Waals surface area contributed by atoms with Gasteiger partial charge in [-0.1, -0.05) is 0 Å². The van der Waals surface area contributed by atoms with E-state index in [0.29, 0.717) is 0 Å². The molecule has 1 aliphatic heterocycles. The fourth-order valence-corrected chi connectivity index (χ4v) is 17.9. The molecule has 1 rings (SSSR count). The predicted octanol–water partition coefficient (Wildman–Crippen LogP) is 4.67. The van der Waals surface area contributed by atoms with Crippen molar-refractivity contribution < 1.29 is 27.2 Å². The first-order valence-corrected chi connectivity index (χ1v) is 20.1. The van der Waals surface area contributed by atoms with Crippen LogP contribution in [0.25, 0.3) is 0 Å². The molecule has 1 fully saturated rings. The first kappa shape index (κ1) is 30.4. The Balaban J connectivity index is 2.51. The Hall–Kier alpha value is 0.371.